The molecule has 20 heavy (non-hydrogen) atoms. The van der Waals surface area contributed by atoms with Crippen molar-refractivity contribution in [3.05, 3.63) is 18.1 Å². The molecule has 1 unspecified atom stereocenters. The number of amides is 1. The first-order valence-electron chi connectivity index (χ1n) is 6.95. The minimum absolute atomic E-state index is 0.0853. The van der Waals surface area contributed by atoms with Crippen LogP contribution in [0.3, 0.4) is 0 Å². The van der Waals surface area contributed by atoms with E-state index in [1.165, 1.54) is 6.20 Å². The first kappa shape index (κ1) is 16.4. The molecule has 0 aliphatic rings. The minimum Gasteiger partial charge on any atom is -0.369 e. The van der Waals surface area contributed by atoms with E-state index in [2.05, 4.69) is 39.3 Å². The first-order valence-corrected chi connectivity index (χ1v) is 6.95. The third-order valence-electron chi connectivity index (χ3n) is 2.91. The third kappa shape index (κ3) is 5.13. The Kier molecular flexibility index (Phi) is 6.38. The lowest BCUT2D eigenvalue weighted by Crippen LogP contribution is -2.45. The number of carbonyl (C=O) groups excluding carboxylic acids is 1. The van der Waals surface area contributed by atoms with Gasteiger partial charge in [0.1, 0.15) is 11.5 Å². The van der Waals surface area contributed by atoms with Crippen LogP contribution in [0.25, 0.3) is 0 Å². The fourth-order valence-electron chi connectivity index (χ4n) is 1.80. The Morgan fingerprint density at radius 2 is 2.05 bits per heavy atom. The zero-order chi connectivity index (χ0) is 15.1. The lowest BCUT2D eigenvalue weighted by molar-refractivity contribution is 0.0911. The van der Waals surface area contributed by atoms with Gasteiger partial charge in [-0.2, -0.15) is 0 Å². The molecule has 0 fully saturated rings. The second-order valence-electron chi connectivity index (χ2n) is 5.41. The van der Waals surface area contributed by atoms with Crippen LogP contribution in [-0.2, 0) is 0 Å². The van der Waals surface area contributed by atoms with Crippen LogP contribution in [0, 0.1) is 5.92 Å². The predicted octanol–water partition coefficient (Wildman–Crippen LogP) is 1.22. The predicted molar refractivity (Wildman–Crippen MR) is 80.8 cm³/mol. The molecule has 0 aromatic carbocycles. The molecule has 6 heteroatoms. The fraction of sp³-hybridized carbons (Fsp3) is 0.643. The van der Waals surface area contributed by atoms with Gasteiger partial charge < -0.3 is 15.5 Å². The summed E-state index contributed by atoms with van der Waals surface area (Å²) >= 11 is 0. The van der Waals surface area contributed by atoms with Crippen LogP contribution in [0.4, 0.5) is 5.82 Å². The van der Waals surface area contributed by atoms with Crippen molar-refractivity contribution in [3.8, 4) is 0 Å². The van der Waals surface area contributed by atoms with Crippen LogP contribution in [0.1, 0.15) is 31.3 Å². The number of nitrogens with one attached hydrogen (secondary N) is 2. The number of hydrogen-bond acceptors (Lipinski definition) is 5. The second-order valence-corrected chi connectivity index (χ2v) is 5.41. The van der Waals surface area contributed by atoms with E-state index < -0.39 is 0 Å². The molecule has 1 atom stereocenters. The SMILES string of the molecule is CCNc1cncc(C(=O)NC(CN(C)C)C(C)C)n1. The summed E-state index contributed by atoms with van der Waals surface area (Å²) in [5.41, 5.74) is 0.341. The van der Waals surface area contributed by atoms with E-state index >= 15 is 0 Å². The highest BCUT2D eigenvalue weighted by molar-refractivity contribution is 5.92. The van der Waals surface area contributed by atoms with Gasteiger partial charge in [-0.25, -0.2) is 4.98 Å². The van der Waals surface area contributed by atoms with Gasteiger partial charge in [0.05, 0.1) is 12.4 Å². The number of nitrogens with zero attached hydrogens (tertiary/aromatic N) is 3. The van der Waals surface area contributed by atoms with Crippen LogP contribution >= 0.6 is 0 Å². The van der Waals surface area contributed by atoms with Gasteiger partial charge in [-0.3, -0.25) is 9.78 Å². The van der Waals surface area contributed by atoms with Gasteiger partial charge in [0.25, 0.3) is 5.91 Å². The summed E-state index contributed by atoms with van der Waals surface area (Å²) in [6, 6.07) is 0.0853. The van der Waals surface area contributed by atoms with Gasteiger partial charge in [0, 0.05) is 19.1 Å². The van der Waals surface area contributed by atoms with Crippen molar-refractivity contribution >= 4 is 11.7 Å². The van der Waals surface area contributed by atoms with Gasteiger partial charge in [0.2, 0.25) is 0 Å². The van der Waals surface area contributed by atoms with Crippen molar-refractivity contribution in [2.45, 2.75) is 26.8 Å². The molecule has 1 aromatic rings. The summed E-state index contributed by atoms with van der Waals surface area (Å²) in [7, 11) is 3.99. The highest BCUT2D eigenvalue weighted by atomic mass is 16.2. The van der Waals surface area contributed by atoms with E-state index in [9.17, 15) is 4.79 Å². The molecule has 0 radical (unpaired) electrons. The van der Waals surface area contributed by atoms with Crippen molar-refractivity contribution < 1.29 is 4.79 Å². The zero-order valence-corrected chi connectivity index (χ0v) is 13.0. The standard InChI is InChI=1S/C14H25N5O/c1-6-16-13-8-15-7-11(17-13)14(20)18-12(10(2)3)9-19(4)5/h7-8,10,12H,6,9H2,1-5H3,(H,16,17)(H,18,20). The smallest absolute Gasteiger partial charge is 0.271 e. The van der Waals surface area contributed by atoms with Crippen LogP contribution in [0.2, 0.25) is 0 Å². The number of rotatable bonds is 7. The normalized spacial score (nSPS) is 12.6. The molecule has 1 amide bonds. The van der Waals surface area contributed by atoms with E-state index in [-0.39, 0.29) is 11.9 Å². The topological polar surface area (TPSA) is 70.2 Å². The highest BCUT2D eigenvalue weighted by Gasteiger charge is 2.19. The monoisotopic (exact) mass is 279 g/mol. The van der Waals surface area contributed by atoms with Crippen LogP contribution in [0.5, 0.6) is 0 Å². The van der Waals surface area contributed by atoms with Gasteiger partial charge in [-0.05, 0) is 26.9 Å². The highest BCUT2D eigenvalue weighted by Crippen LogP contribution is 2.06. The molecule has 0 aliphatic carbocycles. The van der Waals surface area contributed by atoms with Crippen molar-refractivity contribution in [3.63, 3.8) is 0 Å². The van der Waals surface area contributed by atoms with Crippen molar-refractivity contribution in [2.24, 2.45) is 5.92 Å². The number of anilines is 1. The van der Waals surface area contributed by atoms with E-state index in [0.717, 1.165) is 13.1 Å². The number of carbonyl (C=O) groups is 1. The fourth-order valence-corrected chi connectivity index (χ4v) is 1.80. The number of hydrogen-bond donors (Lipinski definition) is 2. The molecule has 0 saturated carbocycles. The molecule has 1 rings (SSSR count). The lowest BCUT2D eigenvalue weighted by atomic mass is 10.0. The lowest BCUT2D eigenvalue weighted by Gasteiger charge is -2.25. The molecule has 0 bridgehead atoms. The number of likely N-dealkylation sites (N-methyl/N-ethyl adjacent to an activating group) is 1. The maximum absolute atomic E-state index is 12.2. The first-order chi connectivity index (χ1) is 9.43. The molecule has 112 valence electrons. The molecule has 0 saturated heterocycles. The molecule has 1 aromatic heterocycles. The summed E-state index contributed by atoms with van der Waals surface area (Å²) in [5, 5.41) is 6.07. The van der Waals surface area contributed by atoms with Crippen LogP contribution < -0.4 is 10.6 Å². The molecule has 2 N–H and O–H groups in total. The largest absolute Gasteiger partial charge is 0.369 e. The Balaban J connectivity index is 2.75. The maximum atomic E-state index is 12.2. The Morgan fingerprint density at radius 1 is 1.35 bits per heavy atom. The molecular weight excluding hydrogens is 254 g/mol. The Morgan fingerprint density at radius 3 is 2.60 bits per heavy atom. The van der Waals surface area contributed by atoms with Gasteiger partial charge >= 0.3 is 0 Å². The van der Waals surface area contributed by atoms with E-state index in [4.69, 9.17) is 0 Å². The quantitative estimate of drug-likeness (QED) is 0.785. The van der Waals surface area contributed by atoms with E-state index in [0.29, 0.717) is 17.4 Å². The Bertz CT molecular complexity index is 433. The molecule has 6 nitrogen and oxygen atoms in total. The molecule has 0 aliphatic heterocycles. The van der Waals surface area contributed by atoms with Crippen molar-refractivity contribution in [2.75, 3.05) is 32.5 Å². The van der Waals surface area contributed by atoms with E-state index in [1.807, 2.05) is 21.0 Å². The van der Waals surface area contributed by atoms with Crippen LogP contribution in [0.15, 0.2) is 12.4 Å². The Labute approximate surface area is 121 Å². The Hall–Kier alpha value is -1.69. The average Bonchev–Trinajstić information content (AvgIpc) is 2.38. The van der Waals surface area contributed by atoms with Gasteiger partial charge in [-0.15, -0.1) is 0 Å². The molecule has 0 spiro atoms. The third-order valence-corrected chi connectivity index (χ3v) is 2.91. The summed E-state index contributed by atoms with van der Waals surface area (Å²) in [4.78, 5) is 22.6. The second kappa shape index (κ2) is 7.79. The van der Waals surface area contributed by atoms with E-state index in [1.54, 1.807) is 6.20 Å². The number of aromatic nitrogens is 2. The summed E-state index contributed by atoms with van der Waals surface area (Å²) in [6.07, 6.45) is 3.10. The van der Waals surface area contributed by atoms with Crippen molar-refractivity contribution in [1.29, 1.82) is 0 Å². The minimum atomic E-state index is -0.183. The van der Waals surface area contributed by atoms with Gasteiger partial charge in [-0.1, -0.05) is 13.8 Å². The molecule has 1 heterocycles. The van der Waals surface area contributed by atoms with Crippen molar-refractivity contribution in [1.82, 2.24) is 20.2 Å². The van der Waals surface area contributed by atoms with Crippen LogP contribution in [-0.4, -0.2) is 54.0 Å². The van der Waals surface area contributed by atoms with Gasteiger partial charge in [0.15, 0.2) is 0 Å². The summed E-state index contributed by atoms with van der Waals surface area (Å²) in [6.45, 7) is 7.70. The summed E-state index contributed by atoms with van der Waals surface area (Å²) < 4.78 is 0. The summed E-state index contributed by atoms with van der Waals surface area (Å²) in [5.74, 6) is 0.790. The maximum Gasteiger partial charge on any atom is 0.271 e. The zero-order valence-electron chi connectivity index (χ0n) is 13.0. The average molecular weight is 279 g/mol. The molecular formula is C14H25N5O.